The second-order valence-corrected chi connectivity index (χ2v) is 16.3. The van der Waals surface area contributed by atoms with E-state index in [0.717, 1.165) is 72.3 Å². The van der Waals surface area contributed by atoms with E-state index in [2.05, 4.69) is 128 Å². The summed E-state index contributed by atoms with van der Waals surface area (Å²) in [6.07, 6.45) is 0. The van der Waals surface area contributed by atoms with E-state index in [1.54, 1.807) is 0 Å². The van der Waals surface area contributed by atoms with Crippen LogP contribution in [0.1, 0.15) is 16.7 Å². The summed E-state index contributed by atoms with van der Waals surface area (Å²) >= 11 is 0. The van der Waals surface area contributed by atoms with E-state index < -0.39 is 0 Å². The highest BCUT2D eigenvalue weighted by Crippen LogP contribution is 2.41. The van der Waals surface area contributed by atoms with Gasteiger partial charge in [0.2, 0.25) is 0 Å². The van der Waals surface area contributed by atoms with Crippen LogP contribution in [0.3, 0.4) is 0 Å². The van der Waals surface area contributed by atoms with E-state index in [1.165, 1.54) is 27.8 Å². The second-order valence-electron chi connectivity index (χ2n) is 16.3. The summed E-state index contributed by atoms with van der Waals surface area (Å²) < 4.78 is 2.38. The molecule has 0 aliphatic carbocycles. The zero-order valence-electron chi connectivity index (χ0n) is 35.7. The molecule has 11 rings (SSSR count). The Morgan fingerprint density at radius 2 is 0.797 bits per heavy atom. The number of para-hydroxylation sites is 1. The zero-order valence-corrected chi connectivity index (χ0v) is 35.7. The fourth-order valence-corrected chi connectivity index (χ4v) is 9.09. The lowest BCUT2D eigenvalue weighted by Crippen LogP contribution is -2.04. The van der Waals surface area contributed by atoms with Gasteiger partial charge in [-0.15, -0.1) is 0 Å². The third-order valence-corrected chi connectivity index (χ3v) is 11.9. The molecule has 0 saturated carbocycles. The first-order valence-electron chi connectivity index (χ1n) is 21.6. The van der Waals surface area contributed by atoms with E-state index in [1.807, 2.05) is 97.1 Å². The van der Waals surface area contributed by atoms with Crippen LogP contribution in [0.15, 0.2) is 200 Å². The molecule has 3 heterocycles. The molecule has 0 radical (unpaired) electrons. The van der Waals surface area contributed by atoms with Crippen molar-refractivity contribution in [3.05, 3.63) is 217 Å². The summed E-state index contributed by atoms with van der Waals surface area (Å²) in [6, 6.07) is 69.5. The minimum atomic E-state index is 0.554. The van der Waals surface area contributed by atoms with Crippen LogP contribution < -0.4 is 0 Å². The van der Waals surface area contributed by atoms with Crippen molar-refractivity contribution in [1.29, 1.82) is 0 Å². The fraction of sp³-hybridized carbons (Fsp3) is 0.0517. The van der Waals surface area contributed by atoms with Crippen LogP contribution in [0, 0.1) is 20.8 Å². The Morgan fingerprint density at radius 1 is 0.328 bits per heavy atom. The lowest BCUT2D eigenvalue weighted by Gasteiger charge is -2.17. The van der Waals surface area contributed by atoms with E-state index >= 15 is 0 Å². The standard InChI is InChI=1S/C58H42N6/c1-37-32-38(2)54(39(3)33-37)44-28-30-47-46-26-16-17-27-51(46)64(53(47)35-44)52-31-29-45(57-62-55(42-22-12-6-13-23-42)61-56(63-57)43-24-14-7-15-25-43)34-48(52)58-59-49(40-18-8-4-9-19-40)36-50(60-58)41-20-10-5-11-21-41/h4-36H,1-3H3. The van der Waals surface area contributed by atoms with Gasteiger partial charge in [-0.2, -0.15) is 0 Å². The quantitative estimate of drug-likeness (QED) is 0.153. The Bertz CT molecular complexity index is 3370. The molecule has 0 N–H and O–H groups in total. The lowest BCUT2D eigenvalue weighted by molar-refractivity contribution is 1.07. The van der Waals surface area contributed by atoms with Crippen molar-refractivity contribution in [1.82, 2.24) is 29.5 Å². The van der Waals surface area contributed by atoms with Gasteiger partial charge in [-0.25, -0.2) is 24.9 Å². The summed E-state index contributed by atoms with van der Waals surface area (Å²) in [5.74, 6) is 2.34. The first kappa shape index (κ1) is 38.6. The van der Waals surface area contributed by atoms with Gasteiger partial charge in [-0.05, 0) is 79.4 Å². The number of aryl methyl sites for hydroxylation is 3. The molecule has 6 nitrogen and oxygen atoms in total. The van der Waals surface area contributed by atoms with Crippen molar-refractivity contribution in [2.24, 2.45) is 0 Å². The predicted molar refractivity (Wildman–Crippen MR) is 262 cm³/mol. The smallest absolute Gasteiger partial charge is 0.164 e. The first-order valence-corrected chi connectivity index (χ1v) is 21.6. The summed E-state index contributed by atoms with van der Waals surface area (Å²) in [7, 11) is 0. The highest BCUT2D eigenvalue weighted by atomic mass is 15.0. The average Bonchev–Trinajstić information content (AvgIpc) is 3.67. The molecule has 0 fully saturated rings. The molecule has 11 aromatic rings. The number of rotatable bonds is 8. The Kier molecular flexibility index (Phi) is 9.74. The van der Waals surface area contributed by atoms with Crippen molar-refractivity contribution in [2.75, 3.05) is 0 Å². The number of aromatic nitrogens is 6. The van der Waals surface area contributed by atoms with Crippen LogP contribution in [0.4, 0.5) is 0 Å². The lowest BCUT2D eigenvalue weighted by atomic mass is 9.93. The third kappa shape index (κ3) is 7.11. The fourth-order valence-electron chi connectivity index (χ4n) is 9.09. The van der Waals surface area contributed by atoms with Gasteiger partial charge in [0.25, 0.3) is 0 Å². The Labute approximate surface area is 372 Å². The molecule has 0 saturated heterocycles. The van der Waals surface area contributed by atoms with Gasteiger partial charge in [0.05, 0.1) is 28.1 Å². The van der Waals surface area contributed by atoms with E-state index in [0.29, 0.717) is 23.3 Å². The molecule has 0 unspecified atom stereocenters. The molecule has 0 aliphatic heterocycles. The Morgan fingerprint density at radius 3 is 1.36 bits per heavy atom. The molecule has 3 aromatic heterocycles. The van der Waals surface area contributed by atoms with Gasteiger partial charge in [0.1, 0.15) is 0 Å². The minimum Gasteiger partial charge on any atom is -0.308 e. The topological polar surface area (TPSA) is 69.4 Å². The number of hydrogen-bond donors (Lipinski definition) is 0. The van der Waals surface area contributed by atoms with Crippen molar-refractivity contribution < 1.29 is 0 Å². The third-order valence-electron chi connectivity index (χ3n) is 11.9. The number of nitrogens with zero attached hydrogens (tertiary/aromatic N) is 6. The van der Waals surface area contributed by atoms with Crippen LogP contribution in [-0.2, 0) is 0 Å². The summed E-state index contributed by atoms with van der Waals surface area (Å²) in [6.45, 7) is 6.58. The maximum Gasteiger partial charge on any atom is 0.164 e. The van der Waals surface area contributed by atoms with Gasteiger partial charge in [0, 0.05) is 44.2 Å². The molecule has 0 spiro atoms. The van der Waals surface area contributed by atoms with E-state index in [9.17, 15) is 0 Å². The normalized spacial score (nSPS) is 11.4. The highest BCUT2D eigenvalue weighted by molar-refractivity contribution is 6.11. The number of benzene rings is 8. The largest absolute Gasteiger partial charge is 0.308 e. The predicted octanol–water partition coefficient (Wildman–Crippen LogP) is 14.4. The monoisotopic (exact) mass is 822 g/mol. The van der Waals surface area contributed by atoms with Gasteiger partial charge >= 0.3 is 0 Å². The molecule has 0 bridgehead atoms. The molecule has 64 heavy (non-hydrogen) atoms. The number of fused-ring (bicyclic) bond motifs is 3. The first-order chi connectivity index (χ1) is 31.4. The van der Waals surface area contributed by atoms with Crippen molar-refractivity contribution in [3.63, 3.8) is 0 Å². The summed E-state index contributed by atoms with van der Waals surface area (Å²) in [5.41, 5.74) is 16.4. The van der Waals surface area contributed by atoms with Crippen LogP contribution >= 0.6 is 0 Å². The summed E-state index contributed by atoms with van der Waals surface area (Å²) in [4.78, 5) is 26.1. The van der Waals surface area contributed by atoms with E-state index in [-0.39, 0.29) is 0 Å². The average molecular weight is 823 g/mol. The van der Waals surface area contributed by atoms with Crippen molar-refractivity contribution >= 4 is 21.8 Å². The van der Waals surface area contributed by atoms with Crippen LogP contribution in [0.25, 0.3) is 107 Å². The molecular weight excluding hydrogens is 781 g/mol. The zero-order chi connectivity index (χ0) is 43.1. The molecule has 304 valence electrons. The van der Waals surface area contributed by atoms with Gasteiger partial charge < -0.3 is 4.57 Å². The maximum absolute atomic E-state index is 5.41. The molecule has 0 amide bonds. The van der Waals surface area contributed by atoms with E-state index in [4.69, 9.17) is 24.9 Å². The minimum absolute atomic E-state index is 0.554. The molecule has 0 atom stereocenters. The maximum atomic E-state index is 5.41. The van der Waals surface area contributed by atoms with Gasteiger partial charge in [0.15, 0.2) is 23.3 Å². The molecule has 8 aromatic carbocycles. The second kappa shape index (κ2) is 16.2. The van der Waals surface area contributed by atoms with Crippen LogP contribution in [0.5, 0.6) is 0 Å². The molecular formula is C58H42N6. The molecule has 6 heteroatoms. The van der Waals surface area contributed by atoms with Crippen LogP contribution in [0.2, 0.25) is 0 Å². The van der Waals surface area contributed by atoms with Gasteiger partial charge in [-0.1, -0.05) is 169 Å². The number of hydrogen-bond acceptors (Lipinski definition) is 5. The summed E-state index contributed by atoms with van der Waals surface area (Å²) in [5, 5.41) is 2.33. The van der Waals surface area contributed by atoms with Gasteiger partial charge in [-0.3, -0.25) is 0 Å². The highest BCUT2D eigenvalue weighted by Gasteiger charge is 2.22. The SMILES string of the molecule is Cc1cc(C)c(-c2ccc3c4ccccc4n(-c4ccc(-c5nc(-c6ccccc6)nc(-c6ccccc6)n5)cc4-c4nc(-c5ccccc5)cc(-c5ccccc5)n4)c3c2)c(C)c1. The Balaban J connectivity index is 1.22. The van der Waals surface area contributed by atoms with Crippen LogP contribution in [-0.4, -0.2) is 29.5 Å². The molecule has 0 aliphatic rings. The van der Waals surface area contributed by atoms with Crippen molar-refractivity contribution in [2.45, 2.75) is 20.8 Å². The van der Waals surface area contributed by atoms with Crippen molar-refractivity contribution in [3.8, 4) is 84.9 Å². The Hall–Kier alpha value is -8.35.